The van der Waals surface area contributed by atoms with Crippen molar-refractivity contribution in [3.8, 4) is 0 Å². The van der Waals surface area contributed by atoms with Gasteiger partial charge in [-0.2, -0.15) is 0 Å². The van der Waals surface area contributed by atoms with Crippen molar-refractivity contribution in [2.75, 3.05) is 0 Å². The first-order valence-corrected chi connectivity index (χ1v) is 8.53. The molecule has 3 aromatic carbocycles. The number of carboxylic acids is 1. The van der Waals surface area contributed by atoms with Gasteiger partial charge in [0.25, 0.3) is 0 Å². The number of rotatable bonds is 6. The first-order chi connectivity index (χ1) is 13.7. The van der Waals surface area contributed by atoms with Crippen LogP contribution in [0.1, 0.15) is 16.7 Å². The van der Waals surface area contributed by atoms with Crippen molar-refractivity contribution in [1.29, 1.82) is 0 Å². The number of carboxylic acid groups (broad SMARTS) is 1. The Labute approximate surface area is 162 Å². The molecule has 0 radical (unpaired) electrons. The van der Waals surface area contributed by atoms with E-state index in [4.69, 9.17) is 0 Å². The second-order valence-corrected chi connectivity index (χ2v) is 5.79. The Hall–Kier alpha value is -4.08. The van der Waals surface area contributed by atoms with Crippen molar-refractivity contribution >= 4 is 28.8 Å². The lowest BCUT2D eigenvalue weighted by Crippen LogP contribution is -2.14. The Kier molecular flexibility index (Phi) is 6.03. The van der Waals surface area contributed by atoms with Crippen molar-refractivity contribution in [3.05, 3.63) is 113 Å². The lowest BCUT2D eigenvalue weighted by atomic mass is 9.97. The third kappa shape index (κ3) is 4.36. The fourth-order valence-corrected chi connectivity index (χ4v) is 2.63. The molecule has 0 heterocycles. The minimum atomic E-state index is -1.19. The number of allylic oxidation sites excluding steroid dienone is 1. The van der Waals surface area contributed by atoms with Crippen LogP contribution in [0.5, 0.6) is 0 Å². The predicted molar refractivity (Wildman–Crippen MR) is 112 cm³/mol. The molecule has 0 amide bonds. The van der Waals surface area contributed by atoms with E-state index in [1.54, 1.807) is 54.6 Å². The van der Waals surface area contributed by atoms with Crippen LogP contribution in [0.15, 0.2) is 101 Å². The second-order valence-electron chi connectivity index (χ2n) is 5.79. The molecular formula is C23H16N3O2-. The van der Waals surface area contributed by atoms with Crippen molar-refractivity contribution in [2.24, 2.45) is 10.2 Å². The summed E-state index contributed by atoms with van der Waals surface area (Å²) < 4.78 is 0. The molecule has 0 fully saturated rings. The summed E-state index contributed by atoms with van der Waals surface area (Å²) in [5, 5.41) is 27.5. The molecule has 5 heteroatoms. The van der Waals surface area contributed by atoms with E-state index < -0.39 is 5.97 Å². The minimum absolute atomic E-state index is 0.195. The smallest absolute Gasteiger partial charge is 0.357 e. The van der Waals surface area contributed by atoms with Gasteiger partial charge in [-0.1, -0.05) is 91.0 Å². The normalized spacial score (nSPS) is 11.6. The van der Waals surface area contributed by atoms with E-state index in [2.05, 4.69) is 16.1 Å². The maximum Gasteiger partial charge on any atom is 0.357 e. The van der Waals surface area contributed by atoms with Crippen molar-refractivity contribution < 1.29 is 9.90 Å². The van der Waals surface area contributed by atoms with Crippen LogP contribution in [-0.2, 0) is 4.79 Å². The average Bonchev–Trinajstić information content (AvgIpc) is 2.75. The van der Waals surface area contributed by atoms with E-state index in [0.29, 0.717) is 28.0 Å². The van der Waals surface area contributed by atoms with E-state index in [1.165, 1.54) is 0 Å². The lowest BCUT2D eigenvalue weighted by molar-refractivity contribution is -0.129. The fraction of sp³-hybridized carbons (Fsp3) is 0. The molecule has 0 spiro atoms. The Morgan fingerprint density at radius 2 is 1.07 bits per heavy atom. The van der Waals surface area contributed by atoms with E-state index >= 15 is 0 Å². The van der Waals surface area contributed by atoms with Crippen LogP contribution < -0.4 is 0 Å². The highest BCUT2D eigenvalue weighted by Crippen LogP contribution is 2.19. The maximum absolute atomic E-state index is 11.7. The van der Waals surface area contributed by atoms with Crippen LogP contribution in [0.25, 0.3) is 11.0 Å². The molecule has 0 saturated carbocycles. The first-order valence-electron chi connectivity index (χ1n) is 8.53. The van der Waals surface area contributed by atoms with Crippen LogP contribution in [-0.4, -0.2) is 28.4 Å². The molecule has 0 atom stereocenters. The highest BCUT2D eigenvalue weighted by atomic mass is 16.4. The zero-order valence-corrected chi connectivity index (χ0v) is 14.9. The van der Waals surface area contributed by atoms with Gasteiger partial charge in [-0.3, -0.25) is 5.87 Å². The Balaban J connectivity index is 2.16. The van der Waals surface area contributed by atoms with E-state index in [-0.39, 0.29) is 5.71 Å². The summed E-state index contributed by atoms with van der Waals surface area (Å²) in [7, 11) is 0. The van der Waals surface area contributed by atoms with Crippen LogP contribution in [0.2, 0.25) is 0 Å². The van der Waals surface area contributed by atoms with Crippen LogP contribution in [0.4, 0.5) is 0 Å². The zero-order chi connectivity index (χ0) is 19.8. The molecule has 3 rings (SSSR count). The first kappa shape index (κ1) is 18.7. The van der Waals surface area contributed by atoms with Gasteiger partial charge in [-0.05, 0) is 5.56 Å². The second kappa shape index (κ2) is 9.03. The van der Waals surface area contributed by atoms with E-state index in [9.17, 15) is 15.3 Å². The molecule has 28 heavy (non-hydrogen) atoms. The SMILES string of the molecule is [N-]=C=C(/C(=N/N=C(\C(=O)O)c1ccccc1)c1ccccc1)c1ccccc1. The van der Waals surface area contributed by atoms with Gasteiger partial charge in [0.1, 0.15) is 5.71 Å². The molecule has 0 aliphatic rings. The summed E-state index contributed by atoms with van der Waals surface area (Å²) in [6, 6.07) is 26.8. The zero-order valence-electron chi connectivity index (χ0n) is 14.9. The van der Waals surface area contributed by atoms with Crippen LogP contribution in [0.3, 0.4) is 0 Å². The summed E-state index contributed by atoms with van der Waals surface area (Å²) in [6.45, 7) is 0. The number of benzene rings is 3. The Morgan fingerprint density at radius 1 is 0.679 bits per heavy atom. The van der Waals surface area contributed by atoms with Crippen molar-refractivity contribution in [3.63, 3.8) is 0 Å². The third-order valence-electron chi connectivity index (χ3n) is 3.96. The molecule has 0 bridgehead atoms. The molecule has 0 aliphatic heterocycles. The van der Waals surface area contributed by atoms with Gasteiger partial charge in [0.05, 0.1) is 0 Å². The lowest BCUT2D eigenvalue weighted by Gasteiger charge is -2.10. The minimum Gasteiger partial charge on any atom is -0.763 e. The molecular weight excluding hydrogens is 350 g/mol. The molecule has 0 aliphatic carbocycles. The van der Waals surface area contributed by atoms with Gasteiger partial charge in [0, 0.05) is 16.7 Å². The van der Waals surface area contributed by atoms with Gasteiger partial charge in [-0.25, -0.2) is 4.79 Å². The van der Waals surface area contributed by atoms with Gasteiger partial charge >= 0.3 is 5.97 Å². The quantitative estimate of drug-likeness (QED) is 0.521. The molecule has 136 valence electrons. The van der Waals surface area contributed by atoms with E-state index in [1.807, 2.05) is 36.4 Å². The monoisotopic (exact) mass is 366 g/mol. The van der Waals surface area contributed by atoms with E-state index in [0.717, 1.165) is 0 Å². The largest absolute Gasteiger partial charge is 0.763 e. The number of nitrogens with zero attached hydrogens (tertiary/aromatic N) is 3. The summed E-state index contributed by atoms with van der Waals surface area (Å²) in [4.78, 5) is 11.7. The summed E-state index contributed by atoms with van der Waals surface area (Å²) in [5.41, 5.74) is 2.21. The highest BCUT2D eigenvalue weighted by Gasteiger charge is 2.14. The van der Waals surface area contributed by atoms with Crippen LogP contribution in [0, 0.1) is 0 Å². The molecule has 0 aromatic heterocycles. The number of carbonyl (C=O) groups is 1. The van der Waals surface area contributed by atoms with Crippen LogP contribution >= 0.6 is 0 Å². The van der Waals surface area contributed by atoms with Crippen molar-refractivity contribution in [1.82, 2.24) is 0 Å². The van der Waals surface area contributed by atoms with Gasteiger partial charge < -0.3 is 10.5 Å². The molecule has 3 aromatic rings. The Morgan fingerprint density at radius 3 is 1.50 bits per heavy atom. The summed E-state index contributed by atoms with van der Waals surface area (Å²) >= 11 is 0. The van der Waals surface area contributed by atoms with Crippen molar-refractivity contribution in [2.45, 2.75) is 0 Å². The Bertz CT molecular complexity index is 1070. The van der Waals surface area contributed by atoms with Gasteiger partial charge in [-0.15, -0.1) is 10.2 Å². The number of aliphatic carboxylic acids is 1. The summed E-state index contributed by atoms with van der Waals surface area (Å²) in [6.07, 6.45) is 0. The standard InChI is InChI=1S/C23H16N3O2/c24-16-20(17-10-4-1-5-11-17)21(18-12-6-2-7-13-18)25-26-22(23(27)28)19-14-8-3-9-15-19/h1-15H,(H,27,28)/q-1/b25-21+,26-22-. The topological polar surface area (TPSA) is 84.3 Å². The van der Waals surface area contributed by atoms with Gasteiger partial charge in [0.15, 0.2) is 5.71 Å². The molecule has 5 nitrogen and oxygen atoms in total. The molecule has 0 unspecified atom stereocenters. The highest BCUT2D eigenvalue weighted by molar-refractivity contribution is 6.43. The molecule has 1 N–H and O–H groups in total. The number of hydrogen-bond donors (Lipinski definition) is 1. The predicted octanol–water partition coefficient (Wildman–Crippen LogP) is 4.29. The summed E-state index contributed by atoms with van der Waals surface area (Å²) in [5.74, 6) is 0.985. The van der Waals surface area contributed by atoms with Gasteiger partial charge in [0.2, 0.25) is 0 Å². The number of hydrogen-bond acceptors (Lipinski definition) is 3. The third-order valence-corrected chi connectivity index (χ3v) is 3.96. The molecule has 0 saturated heterocycles. The maximum atomic E-state index is 11.7. The fourth-order valence-electron chi connectivity index (χ4n) is 2.63. The average molecular weight is 366 g/mol.